The van der Waals surface area contributed by atoms with Crippen LogP contribution in [-0.4, -0.2) is 35.6 Å². The van der Waals surface area contributed by atoms with Crippen molar-refractivity contribution in [3.63, 3.8) is 0 Å². The highest BCUT2D eigenvalue weighted by atomic mass is 32.1. The first kappa shape index (κ1) is 13.6. The lowest BCUT2D eigenvalue weighted by Gasteiger charge is -2.25. The van der Waals surface area contributed by atoms with Crippen LogP contribution in [0.4, 0.5) is 0 Å². The van der Waals surface area contributed by atoms with E-state index < -0.39 is 0 Å². The normalized spacial score (nSPS) is 13.7. The predicted octanol–water partition coefficient (Wildman–Crippen LogP) is 2.27. The van der Waals surface area contributed by atoms with Gasteiger partial charge in [0.15, 0.2) is 0 Å². The smallest absolute Gasteiger partial charge is 0.0897 e. The maximum atomic E-state index is 4.48. The van der Waals surface area contributed by atoms with E-state index in [2.05, 4.69) is 55.3 Å². The van der Waals surface area contributed by atoms with Crippen LogP contribution < -0.4 is 5.32 Å². The third kappa shape index (κ3) is 4.60. The largest absolute Gasteiger partial charge is 0.313 e. The Kier molecular flexibility index (Phi) is 5.38. The molecule has 1 aromatic heterocycles. The van der Waals surface area contributed by atoms with Crippen LogP contribution in [0.5, 0.6) is 0 Å². The lowest BCUT2D eigenvalue weighted by Crippen LogP contribution is -2.39. The van der Waals surface area contributed by atoms with E-state index in [4.69, 9.17) is 0 Å². The second-order valence-electron chi connectivity index (χ2n) is 4.68. The molecule has 1 rings (SSSR count). The van der Waals surface area contributed by atoms with Gasteiger partial charge in [-0.05, 0) is 20.9 Å². The summed E-state index contributed by atoms with van der Waals surface area (Å²) in [6.07, 6.45) is 0. The van der Waals surface area contributed by atoms with Crippen LogP contribution in [0.2, 0.25) is 0 Å². The standard InChI is InChI=1S/C12H23N3S/c1-9(2)13-6-10(3)15(5)7-12-8-16-11(4)14-12/h8-10,13H,6-7H2,1-5H3. The lowest BCUT2D eigenvalue weighted by atomic mass is 10.2. The van der Waals surface area contributed by atoms with Gasteiger partial charge >= 0.3 is 0 Å². The zero-order valence-electron chi connectivity index (χ0n) is 10.9. The van der Waals surface area contributed by atoms with Crippen LogP contribution in [0.1, 0.15) is 31.5 Å². The summed E-state index contributed by atoms with van der Waals surface area (Å²) in [5, 5.41) is 6.75. The van der Waals surface area contributed by atoms with Crippen molar-refractivity contribution in [1.29, 1.82) is 0 Å². The fourth-order valence-electron chi connectivity index (χ4n) is 1.45. The summed E-state index contributed by atoms with van der Waals surface area (Å²) in [7, 11) is 2.15. The molecule has 0 spiro atoms. The van der Waals surface area contributed by atoms with Gasteiger partial charge in [-0.2, -0.15) is 0 Å². The number of rotatable bonds is 6. The van der Waals surface area contributed by atoms with Gasteiger partial charge in [0, 0.05) is 30.6 Å². The molecule has 3 nitrogen and oxygen atoms in total. The van der Waals surface area contributed by atoms with E-state index in [0.717, 1.165) is 18.1 Å². The van der Waals surface area contributed by atoms with Crippen LogP contribution >= 0.6 is 11.3 Å². The number of hydrogen-bond acceptors (Lipinski definition) is 4. The number of nitrogens with one attached hydrogen (secondary N) is 1. The first-order valence-electron chi connectivity index (χ1n) is 5.83. The highest BCUT2D eigenvalue weighted by Gasteiger charge is 2.11. The summed E-state index contributed by atoms with van der Waals surface area (Å²) in [6.45, 7) is 10.6. The molecule has 0 fully saturated rings. The van der Waals surface area contributed by atoms with Crippen LogP contribution in [0.3, 0.4) is 0 Å². The molecule has 1 N–H and O–H groups in total. The van der Waals surface area contributed by atoms with Crippen molar-refractivity contribution in [1.82, 2.24) is 15.2 Å². The van der Waals surface area contributed by atoms with E-state index in [9.17, 15) is 0 Å². The molecule has 0 radical (unpaired) electrons. The van der Waals surface area contributed by atoms with Crippen LogP contribution in [-0.2, 0) is 6.54 Å². The highest BCUT2D eigenvalue weighted by molar-refractivity contribution is 7.09. The van der Waals surface area contributed by atoms with E-state index >= 15 is 0 Å². The van der Waals surface area contributed by atoms with Gasteiger partial charge in [-0.1, -0.05) is 13.8 Å². The molecule has 1 heterocycles. The molecule has 0 aliphatic heterocycles. The van der Waals surface area contributed by atoms with Gasteiger partial charge in [-0.3, -0.25) is 4.90 Å². The summed E-state index contributed by atoms with van der Waals surface area (Å²) in [5.74, 6) is 0. The second-order valence-corrected chi connectivity index (χ2v) is 5.75. The average Bonchev–Trinajstić information content (AvgIpc) is 2.60. The van der Waals surface area contributed by atoms with Crippen molar-refractivity contribution in [2.45, 2.75) is 46.3 Å². The molecule has 16 heavy (non-hydrogen) atoms. The van der Waals surface area contributed by atoms with Gasteiger partial charge in [-0.25, -0.2) is 4.98 Å². The maximum Gasteiger partial charge on any atom is 0.0897 e. The Morgan fingerprint density at radius 2 is 2.12 bits per heavy atom. The quantitative estimate of drug-likeness (QED) is 0.828. The van der Waals surface area contributed by atoms with E-state index in [1.807, 2.05) is 0 Å². The number of hydrogen-bond donors (Lipinski definition) is 1. The molecule has 1 unspecified atom stereocenters. The summed E-state index contributed by atoms with van der Waals surface area (Å²) in [4.78, 5) is 6.82. The van der Waals surface area contributed by atoms with Crippen molar-refractivity contribution in [3.05, 3.63) is 16.1 Å². The first-order valence-corrected chi connectivity index (χ1v) is 6.71. The number of aromatic nitrogens is 1. The Morgan fingerprint density at radius 3 is 2.62 bits per heavy atom. The summed E-state index contributed by atoms with van der Waals surface area (Å²) in [6, 6.07) is 1.08. The van der Waals surface area contributed by atoms with Crippen molar-refractivity contribution >= 4 is 11.3 Å². The molecule has 0 aliphatic carbocycles. The zero-order valence-corrected chi connectivity index (χ0v) is 11.8. The Hall–Kier alpha value is -0.450. The SMILES string of the molecule is Cc1nc(CN(C)C(C)CNC(C)C)cs1. The van der Waals surface area contributed by atoms with E-state index in [0.29, 0.717) is 12.1 Å². The summed E-state index contributed by atoms with van der Waals surface area (Å²) >= 11 is 1.72. The molecule has 0 saturated heterocycles. The van der Waals surface area contributed by atoms with E-state index in [1.54, 1.807) is 11.3 Å². The Morgan fingerprint density at radius 1 is 1.44 bits per heavy atom. The summed E-state index contributed by atoms with van der Waals surface area (Å²) < 4.78 is 0. The Labute approximate surface area is 103 Å². The molecule has 0 bridgehead atoms. The van der Waals surface area contributed by atoms with Crippen LogP contribution in [0.15, 0.2) is 5.38 Å². The van der Waals surface area contributed by atoms with Crippen molar-refractivity contribution < 1.29 is 0 Å². The molecular weight excluding hydrogens is 218 g/mol. The molecule has 4 heteroatoms. The fourth-order valence-corrected chi connectivity index (χ4v) is 2.06. The molecule has 0 aliphatic rings. The number of aryl methyl sites for hydroxylation is 1. The Balaban J connectivity index is 2.36. The first-order chi connectivity index (χ1) is 7.49. The monoisotopic (exact) mass is 241 g/mol. The topological polar surface area (TPSA) is 28.2 Å². The van der Waals surface area contributed by atoms with Gasteiger partial charge in [0.25, 0.3) is 0 Å². The zero-order chi connectivity index (χ0) is 12.1. The van der Waals surface area contributed by atoms with Gasteiger partial charge in [0.05, 0.1) is 10.7 Å². The van der Waals surface area contributed by atoms with Gasteiger partial charge in [-0.15, -0.1) is 11.3 Å². The predicted molar refractivity (Wildman–Crippen MR) is 70.9 cm³/mol. The molecule has 1 atom stereocenters. The molecule has 1 aromatic rings. The minimum Gasteiger partial charge on any atom is -0.313 e. The number of nitrogens with zero attached hydrogens (tertiary/aromatic N) is 2. The molecule has 92 valence electrons. The summed E-state index contributed by atoms with van der Waals surface area (Å²) in [5.41, 5.74) is 1.18. The number of thiazole rings is 1. The molecule has 0 saturated carbocycles. The van der Waals surface area contributed by atoms with Crippen molar-refractivity contribution in [2.24, 2.45) is 0 Å². The van der Waals surface area contributed by atoms with E-state index in [-0.39, 0.29) is 0 Å². The minimum atomic E-state index is 0.532. The third-order valence-electron chi connectivity index (χ3n) is 2.65. The fraction of sp³-hybridized carbons (Fsp3) is 0.750. The van der Waals surface area contributed by atoms with Gasteiger partial charge < -0.3 is 5.32 Å². The van der Waals surface area contributed by atoms with Crippen LogP contribution in [0.25, 0.3) is 0 Å². The highest BCUT2D eigenvalue weighted by Crippen LogP contribution is 2.10. The van der Waals surface area contributed by atoms with Gasteiger partial charge in [0.2, 0.25) is 0 Å². The lowest BCUT2D eigenvalue weighted by molar-refractivity contribution is 0.237. The maximum absolute atomic E-state index is 4.48. The minimum absolute atomic E-state index is 0.532. The average molecular weight is 241 g/mol. The van der Waals surface area contributed by atoms with Crippen molar-refractivity contribution in [2.75, 3.05) is 13.6 Å². The third-order valence-corrected chi connectivity index (χ3v) is 3.47. The Bertz CT molecular complexity index is 309. The van der Waals surface area contributed by atoms with E-state index in [1.165, 1.54) is 5.69 Å². The molecular formula is C12H23N3S. The molecule has 0 amide bonds. The van der Waals surface area contributed by atoms with Gasteiger partial charge in [0.1, 0.15) is 0 Å². The second kappa shape index (κ2) is 6.33. The van der Waals surface area contributed by atoms with Crippen molar-refractivity contribution in [3.8, 4) is 0 Å². The molecule has 0 aromatic carbocycles. The number of likely N-dealkylation sites (N-methyl/N-ethyl adjacent to an activating group) is 1. The van der Waals surface area contributed by atoms with Crippen LogP contribution in [0, 0.1) is 6.92 Å².